The van der Waals surface area contributed by atoms with Crippen LogP contribution in [0.3, 0.4) is 0 Å². The van der Waals surface area contributed by atoms with Gasteiger partial charge in [0.05, 0.1) is 27.7 Å². The molecule has 4 N–H and O–H groups in total. The number of rotatable bonds is 7. The van der Waals surface area contributed by atoms with Gasteiger partial charge in [0.2, 0.25) is 5.92 Å². The summed E-state index contributed by atoms with van der Waals surface area (Å²) in [6.07, 6.45) is 1.91. The normalized spacial score (nSPS) is 18.8. The third-order valence-corrected chi connectivity index (χ3v) is 8.26. The fourth-order valence-corrected chi connectivity index (χ4v) is 6.05. The molecule has 0 radical (unpaired) electrons. The van der Waals surface area contributed by atoms with Gasteiger partial charge in [-0.05, 0) is 69.9 Å². The molecule has 238 valence electrons. The number of alkyl halides is 2. The topological polar surface area (TPSA) is 162 Å². The van der Waals surface area contributed by atoms with Crippen LogP contribution in [0.25, 0.3) is 22.3 Å². The van der Waals surface area contributed by atoms with Gasteiger partial charge >= 0.3 is 0 Å². The van der Waals surface area contributed by atoms with Gasteiger partial charge in [-0.1, -0.05) is 22.4 Å². The summed E-state index contributed by atoms with van der Waals surface area (Å²) in [5.41, 5.74) is 12.5. The summed E-state index contributed by atoms with van der Waals surface area (Å²) in [6, 6.07) is 10.3. The van der Waals surface area contributed by atoms with Crippen molar-refractivity contribution < 1.29 is 27.5 Å². The Bertz CT molecular complexity index is 1690. The van der Waals surface area contributed by atoms with Crippen LogP contribution in [0.5, 0.6) is 0 Å². The number of nitrogens with one attached hydrogen (secondary N) is 2. The van der Waals surface area contributed by atoms with Crippen LogP contribution in [0.4, 0.5) is 31.5 Å². The van der Waals surface area contributed by atoms with Crippen LogP contribution in [-0.4, -0.2) is 39.0 Å². The van der Waals surface area contributed by atoms with Gasteiger partial charge in [0.1, 0.15) is 23.0 Å². The zero-order chi connectivity index (χ0) is 32.5. The van der Waals surface area contributed by atoms with E-state index < -0.39 is 10.8 Å². The lowest BCUT2D eigenvalue weighted by Gasteiger charge is -2.16. The summed E-state index contributed by atoms with van der Waals surface area (Å²) >= 11 is 0. The number of carbonyl (C=O) groups excluding carboxylic acids is 1. The standard InChI is InChI=1S/C16H19F2N3O.C16H17N3O4/c1-9-15(10(2)22-21-9)11-3-4-14(13(19)7-11)20-12-5-6-16(17,18)8-12;1-9-16(10(2)23-18-9)11-3-6-14(15(7-11)19(21)22)17-12-4-5-13(20)8-12/h3-4,7,12,20H,5-6,8,19H2,1-2H3;3,6-7,12,17H,4-5,8H2,1-2H3/t2*12-/m11/s1. The highest BCUT2D eigenvalue weighted by molar-refractivity contribution is 5.83. The summed E-state index contributed by atoms with van der Waals surface area (Å²) in [4.78, 5) is 22.4. The maximum Gasteiger partial charge on any atom is 0.292 e. The number of nitrogen functional groups attached to an aromatic ring is 1. The molecule has 2 atom stereocenters. The number of hydrogen-bond acceptors (Lipinski definition) is 10. The number of aromatic nitrogens is 2. The SMILES string of the molecule is Cc1noc(C)c1-c1ccc(N[C@@H]2CCC(=O)C2)c([N+](=O)[O-])c1.Cc1noc(C)c1-c1ccc(N[C@@H]2CCC(F)(F)C2)c(N)c1. The molecular weight excluding hydrogens is 586 g/mol. The van der Waals surface area contributed by atoms with Crippen LogP contribution >= 0.6 is 0 Å². The van der Waals surface area contributed by atoms with Gasteiger partial charge in [0.15, 0.2) is 0 Å². The van der Waals surface area contributed by atoms with Gasteiger partial charge in [-0.2, -0.15) is 0 Å². The van der Waals surface area contributed by atoms with E-state index in [4.69, 9.17) is 14.8 Å². The van der Waals surface area contributed by atoms with E-state index in [0.717, 1.165) is 28.1 Å². The first kappa shape index (κ1) is 31.6. The lowest BCUT2D eigenvalue weighted by Crippen LogP contribution is -2.19. The number of halogens is 2. The Hall–Kier alpha value is -4.81. The average molecular weight is 623 g/mol. The van der Waals surface area contributed by atoms with Crippen molar-refractivity contribution in [3.8, 4) is 22.3 Å². The van der Waals surface area contributed by atoms with E-state index in [1.807, 2.05) is 32.0 Å². The highest BCUT2D eigenvalue weighted by atomic mass is 19.3. The molecule has 0 bridgehead atoms. The molecule has 2 aromatic carbocycles. The molecule has 6 rings (SSSR count). The van der Waals surface area contributed by atoms with Crippen LogP contribution in [0, 0.1) is 37.8 Å². The van der Waals surface area contributed by atoms with Crippen molar-refractivity contribution in [3.63, 3.8) is 0 Å². The first-order valence-electron chi connectivity index (χ1n) is 14.8. The number of anilines is 3. The Morgan fingerprint density at radius 3 is 1.96 bits per heavy atom. The van der Waals surface area contributed by atoms with E-state index in [9.17, 15) is 23.7 Å². The summed E-state index contributed by atoms with van der Waals surface area (Å²) in [5, 5.41) is 25.5. The quantitative estimate of drug-likeness (QED) is 0.107. The third-order valence-electron chi connectivity index (χ3n) is 8.26. The van der Waals surface area contributed by atoms with Crippen LogP contribution in [0.1, 0.15) is 61.4 Å². The number of nitro benzene ring substituents is 1. The molecule has 2 aliphatic carbocycles. The van der Waals surface area contributed by atoms with Crippen molar-refractivity contribution in [2.45, 2.75) is 84.2 Å². The van der Waals surface area contributed by atoms with Crippen LogP contribution < -0.4 is 16.4 Å². The molecule has 45 heavy (non-hydrogen) atoms. The van der Waals surface area contributed by atoms with Gasteiger partial charge in [-0.25, -0.2) is 8.78 Å². The molecular formula is C32H36F2N6O5. The van der Waals surface area contributed by atoms with E-state index in [2.05, 4.69) is 20.9 Å². The van der Waals surface area contributed by atoms with Gasteiger partial charge in [0, 0.05) is 55.0 Å². The van der Waals surface area contributed by atoms with Gasteiger partial charge in [-0.3, -0.25) is 14.9 Å². The molecule has 2 saturated carbocycles. The maximum absolute atomic E-state index is 13.2. The molecule has 2 fully saturated rings. The van der Waals surface area contributed by atoms with Crippen molar-refractivity contribution in [1.29, 1.82) is 0 Å². The molecule has 2 heterocycles. The largest absolute Gasteiger partial charge is 0.397 e. The van der Waals surface area contributed by atoms with Gasteiger partial charge in [-0.15, -0.1) is 0 Å². The van der Waals surface area contributed by atoms with Gasteiger partial charge in [0.25, 0.3) is 5.69 Å². The number of hydrogen-bond donors (Lipinski definition) is 3. The molecule has 4 aromatic rings. The van der Waals surface area contributed by atoms with E-state index in [1.165, 1.54) is 6.07 Å². The van der Waals surface area contributed by atoms with Crippen molar-refractivity contribution in [1.82, 2.24) is 10.3 Å². The molecule has 2 aliphatic rings. The second-order valence-corrected chi connectivity index (χ2v) is 11.8. The minimum atomic E-state index is -2.57. The maximum atomic E-state index is 13.2. The second-order valence-electron chi connectivity index (χ2n) is 11.8. The van der Waals surface area contributed by atoms with Gasteiger partial charge < -0.3 is 25.4 Å². The number of Topliss-reactive ketones (excluding diaryl/α,β-unsaturated/α-hetero) is 1. The average Bonchev–Trinajstić information content (AvgIpc) is 3.73. The van der Waals surface area contributed by atoms with Crippen molar-refractivity contribution in [2.75, 3.05) is 16.4 Å². The zero-order valence-electron chi connectivity index (χ0n) is 25.6. The Morgan fingerprint density at radius 1 is 0.911 bits per heavy atom. The minimum absolute atomic E-state index is 0.0122. The smallest absolute Gasteiger partial charge is 0.292 e. The Morgan fingerprint density at radius 2 is 1.49 bits per heavy atom. The fraction of sp³-hybridized carbons (Fsp3) is 0.406. The number of ketones is 1. The summed E-state index contributed by atoms with van der Waals surface area (Å²) in [6.45, 7) is 7.29. The number of benzene rings is 2. The lowest BCUT2D eigenvalue weighted by atomic mass is 10.0. The molecule has 0 unspecified atom stereocenters. The Kier molecular flexibility index (Phi) is 8.89. The van der Waals surface area contributed by atoms with Crippen LogP contribution in [0.2, 0.25) is 0 Å². The van der Waals surface area contributed by atoms with E-state index >= 15 is 0 Å². The molecule has 0 aliphatic heterocycles. The molecule has 2 aromatic heterocycles. The predicted molar refractivity (Wildman–Crippen MR) is 166 cm³/mol. The molecule has 0 spiro atoms. The highest BCUT2D eigenvalue weighted by Gasteiger charge is 2.39. The first-order chi connectivity index (χ1) is 21.3. The third kappa shape index (κ3) is 7.13. The fourth-order valence-electron chi connectivity index (χ4n) is 6.05. The second kappa shape index (κ2) is 12.7. The number of nitrogens with zero attached hydrogens (tertiary/aromatic N) is 3. The summed E-state index contributed by atoms with van der Waals surface area (Å²) in [5.74, 6) is -1.02. The van der Waals surface area contributed by atoms with Crippen LogP contribution in [-0.2, 0) is 4.79 Å². The van der Waals surface area contributed by atoms with Crippen molar-refractivity contribution in [2.24, 2.45) is 0 Å². The minimum Gasteiger partial charge on any atom is -0.397 e. The number of nitro groups is 1. The predicted octanol–water partition coefficient (Wildman–Crippen LogP) is 7.54. The molecule has 0 amide bonds. The summed E-state index contributed by atoms with van der Waals surface area (Å²) < 4.78 is 36.8. The van der Waals surface area contributed by atoms with Crippen LogP contribution in [0.15, 0.2) is 45.4 Å². The molecule has 13 heteroatoms. The highest BCUT2D eigenvalue weighted by Crippen LogP contribution is 2.38. The Labute approximate surface area is 258 Å². The molecule has 11 nitrogen and oxygen atoms in total. The van der Waals surface area contributed by atoms with E-state index in [1.54, 1.807) is 26.0 Å². The Balaban J connectivity index is 0.000000178. The van der Waals surface area contributed by atoms with E-state index in [-0.39, 0.29) is 36.4 Å². The lowest BCUT2D eigenvalue weighted by molar-refractivity contribution is -0.383. The zero-order valence-corrected chi connectivity index (χ0v) is 25.6. The number of aryl methyl sites for hydroxylation is 4. The molecule has 0 saturated heterocycles. The van der Waals surface area contributed by atoms with Crippen molar-refractivity contribution >= 4 is 28.5 Å². The summed E-state index contributed by atoms with van der Waals surface area (Å²) in [7, 11) is 0. The monoisotopic (exact) mass is 622 g/mol. The number of carbonyl (C=O) groups is 1. The number of nitrogens with two attached hydrogens (primary N) is 1. The first-order valence-corrected chi connectivity index (χ1v) is 14.8. The van der Waals surface area contributed by atoms with E-state index in [0.29, 0.717) is 59.8 Å². The van der Waals surface area contributed by atoms with Crippen molar-refractivity contribution in [3.05, 3.63) is 69.4 Å².